The predicted molar refractivity (Wildman–Crippen MR) is 234 cm³/mol. The number of ether oxygens (including phenoxy) is 1. The monoisotopic (exact) mass is 818 g/mol. The van der Waals surface area contributed by atoms with Crippen LogP contribution >= 0.6 is 0 Å². The molecule has 2 spiro atoms. The average molecular weight is 819 g/mol. The second-order valence-electron chi connectivity index (χ2n) is 19.2. The number of piperidine rings is 1. The summed E-state index contributed by atoms with van der Waals surface area (Å²) in [6.07, 6.45) is 21.8. The second-order valence-corrected chi connectivity index (χ2v) is 19.2. The van der Waals surface area contributed by atoms with E-state index in [1.54, 1.807) is 6.07 Å². The Hall–Kier alpha value is -4.04. The van der Waals surface area contributed by atoms with Crippen molar-refractivity contribution in [1.29, 1.82) is 0 Å². The van der Waals surface area contributed by atoms with Gasteiger partial charge in [-0.05, 0) is 147 Å². The molecule has 8 rings (SSSR count). The Kier molecular flexibility index (Phi) is 13.2. The van der Waals surface area contributed by atoms with Gasteiger partial charge in [-0.3, -0.25) is 14.6 Å². The number of nitrogens with two attached hydrogens (primary N) is 1. The predicted octanol–water partition coefficient (Wildman–Crippen LogP) is 7.29. The highest BCUT2D eigenvalue weighted by atomic mass is 16.5. The lowest BCUT2D eigenvalue weighted by Gasteiger charge is -2.54. The number of phenolic OH excluding ortho intramolecular Hbond substituents is 1. The molecule has 10 nitrogen and oxygen atoms in total. The van der Waals surface area contributed by atoms with Crippen LogP contribution < -0.4 is 15.8 Å². The number of aliphatic hydroxyl groups excluding tert-OH is 2. The summed E-state index contributed by atoms with van der Waals surface area (Å²) in [7, 11) is 1.52. The first-order chi connectivity index (χ1) is 29.0. The maximum absolute atomic E-state index is 14.3. The zero-order valence-electron chi connectivity index (χ0n) is 35.6. The van der Waals surface area contributed by atoms with E-state index in [9.17, 15) is 24.9 Å². The summed E-state index contributed by atoms with van der Waals surface area (Å²) >= 11 is 0. The van der Waals surface area contributed by atoms with Gasteiger partial charge in [-0.15, -0.1) is 0 Å². The Bertz CT molecular complexity index is 2030. The largest absolute Gasteiger partial charge is 0.504 e. The fourth-order valence-corrected chi connectivity index (χ4v) is 12.0. The fraction of sp³-hybridized carbons (Fsp3) is 0.640. The third-order valence-corrected chi connectivity index (χ3v) is 15.5. The van der Waals surface area contributed by atoms with Crippen LogP contribution in [0.5, 0.6) is 11.5 Å². The van der Waals surface area contributed by atoms with Crippen molar-refractivity contribution in [3.05, 3.63) is 58.3 Å². The first-order valence-electron chi connectivity index (χ1n) is 23.1. The number of aliphatic hydroxyl groups is 2. The number of phenols is 1. The van der Waals surface area contributed by atoms with Crippen LogP contribution in [0.15, 0.2) is 41.0 Å². The molecule has 6 aliphatic rings. The van der Waals surface area contributed by atoms with E-state index in [1.807, 2.05) is 24.5 Å². The summed E-state index contributed by atoms with van der Waals surface area (Å²) in [6, 6.07) is 5.77. The summed E-state index contributed by atoms with van der Waals surface area (Å²) in [5.74, 6) is 9.25. The molecular formula is C50H66N4O6. The van der Waals surface area contributed by atoms with Crippen LogP contribution in [-0.2, 0) is 28.9 Å². The number of aliphatic imine (C=N–C) groups is 1. The van der Waals surface area contributed by atoms with Crippen molar-refractivity contribution in [2.75, 3.05) is 19.4 Å². The number of pyridine rings is 1. The van der Waals surface area contributed by atoms with Crippen LogP contribution in [0.3, 0.4) is 0 Å². The number of benzene rings is 1. The fourth-order valence-electron chi connectivity index (χ4n) is 12.0. The van der Waals surface area contributed by atoms with Crippen molar-refractivity contribution in [2.45, 2.75) is 165 Å². The number of methoxy groups -OCH3 is 1. The van der Waals surface area contributed by atoms with Gasteiger partial charge in [-0.25, -0.2) is 4.98 Å². The van der Waals surface area contributed by atoms with Crippen molar-refractivity contribution in [3.8, 4) is 23.3 Å². The van der Waals surface area contributed by atoms with Crippen LogP contribution in [0.1, 0.15) is 144 Å². The highest BCUT2D eigenvalue weighted by molar-refractivity contribution is 5.89. The van der Waals surface area contributed by atoms with E-state index in [4.69, 9.17) is 10.5 Å². The number of aromatic nitrogens is 1. The van der Waals surface area contributed by atoms with Gasteiger partial charge < -0.3 is 31.1 Å². The highest BCUT2D eigenvalue weighted by Crippen LogP contribution is 2.49. The lowest BCUT2D eigenvalue weighted by molar-refractivity contribution is -0.134. The number of nitrogens with zero attached hydrogens (tertiary/aromatic N) is 2. The van der Waals surface area contributed by atoms with Crippen molar-refractivity contribution >= 4 is 23.6 Å². The summed E-state index contributed by atoms with van der Waals surface area (Å²) in [4.78, 5) is 35.4. The molecule has 4 aliphatic carbocycles. The maximum atomic E-state index is 14.3. The van der Waals surface area contributed by atoms with Crippen molar-refractivity contribution in [2.24, 2.45) is 28.2 Å². The van der Waals surface area contributed by atoms with Gasteiger partial charge in [0.25, 0.3) is 0 Å². The minimum atomic E-state index is -1.14. The molecular weight excluding hydrogens is 753 g/mol. The SMILES string of the molecule is COc1cc2c(cc1O)C(CCC(O)CCc1cc(N)ncc1CC1=CCN=C1)C#CC1(CCC(CCC3CC4CCC(=O)CC4NC34CCCCC4)CC1O)C(=O)CC2. The Morgan fingerprint density at radius 3 is 2.63 bits per heavy atom. The molecule has 322 valence electrons. The quantitative estimate of drug-likeness (QED) is 0.138. The highest BCUT2D eigenvalue weighted by Gasteiger charge is 2.50. The molecule has 0 radical (unpaired) electrons. The van der Waals surface area contributed by atoms with E-state index >= 15 is 0 Å². The zero-order valence-corrected chi connectivity index (χ0v) is 35.6. The molecule has 2 aliphatic heterocycles. The number of fused-ring (bicyclic) bond motifs is 2. The van der Waals surface area contributed by atoms with Crippen LogP contribution in [-0.4, -0.2) is 75.5 Å². The number of carbonyl (C=O) groups is 2. The average Bonchev–Trinajstić information content (AvgIpc) is 3.77. The standard InChI is InChI=1S/C50H66N4O6/c1-60-45-26-36-9-14-46(58)49(20-15-32(24-47(49)59)5-10-39-25-37-8-13-41(56)28-43(37)54-50(39)18-3-2-4-19-50)21-16-34(42(36)29-44(45)57)6-11-40(55)12-7-35-27-48(51)53-31-38(35)23-33-17-22-52-30-33/h17,26-27,29-32,34,37,39-40,43,47,54-55,57,59H,2-15,18-20,22-25,28H2,1H3,(H2,51,53). The number of ketones is 2. The molecule has 1 aromatic carbocycles. The van der Waals surface area contributed by atoms with E-state index < -0.39 is 17.6 Å². The van der Waals surface area contributed by atoms with Crippen LogP contribution in [0.25, 0.3) is 0 Å². The maximum Gasteiger partial charge on any atom is 0.160 e. The van der Waals surface area contributed by atoms with Gasteiger partial charge in [0.05, 0.1) is 25.9 Å². The topological polar surface area (TPSA) is 167 Å². The smallest absolute Gasteiger partial charge is 0.160 e. The summed E-state index contributed by atoms with van der Waals surface area (Å²) in [5.41, 5.74) is 10.1. The summed E-state index contributed by atoms with van der Waals surface area (Å²) in [6.45, 7) is 0.698. The van der Waals surface area contributed by atoms with E-state index in [0.29, 0.717) is 105 Å². The molecule has 8 atom stereocenters. The zero-order chi connectivity index (χ0) is 41.9. The number of aromatic hydroxyl groups is 1. The number of aryl methyl sites for hydroxylation is 2. The lowest BCUT2D eigenvalue weighted by Crippen LogP contribution is -2.63. The molecule has 4 fully saturated rings. The Morgan fingerprint density at radius 2 is 1.85 bits per heavy atom. The number of rotatable bonds is 12. The number of Topliss-reactive ketones (excluding diaryl/α,β-unsaturated/α-hetero) is 2. The Morgan fingerprint density at radius 1 is 1.00 bits per heavy atom. The summed E-state index contributed by atoms with van der Waals surface area (Å²) < 4.78 is 5.49. The van der Waals surface area contributed by atoms with Gasteiger partial charge in [0, 0.05) is 55.6 Å². The molecule has 3 heterocycles. The van der Waals surface area contributed by atoms with Gasteiger partial charge in [0.1, 0.15) is 17.0 Å². The minimum absolute atomic E-state index is 0.0118. The molecule has 6 N–H and O–H groups in total. The van der Waals surface area contributed by atoms with Gasteiger partial charge in [-0.2, -0.15) is 0 Å². The summed E-state index contributed by atoms with van der Waals surface area (Å²) in [5, 5.41) is 38.5. The normalized spacial score (nSPS) is 30.4. The molecule has 8 unspecified atom stereocenters. The third-order valence-electron chi connectivity index (χ3n) is 15.5. The van der Waals surface area contributed by atoms with Crippen LogP contribution in [0.2, 0.25) is 0 Å². The molecule has 0 amide bonds. The van der Waals surface area contributed by atoms with E-state index in [-0.39, 0.29) is 29.4 Å². The van der Waals surface area contributed by atoms with Gasteiger partial charge in [0.15, 0.2) is 17.3 Å². The molecule has 3 saturated carbocycles. The lowest BCUT2D eigenvalue weighted by atomic mass is 9.60. The molecule has 1 aromatic heterocycles. The van der Waals surface area contributed by atoms with E-state index in [1.165, 1.54) is 45.6 Å². The molecule has 10 heteroatoms. The van der Waals surface area contributed by atoms with Crippen LogP contribution in [0, 0.1) is 35.0 Å². The molecule has 0 bridgehead atoms. The van der Waals surface area contributed by atoms with Crippen molar-refractivity contribution in [3.63, 3.8) is 0 Å². The number of hydrogen-bond donors (Lipinski definition) is 5. The van der Waals surface area contributed by atoms with Crippen LogP contribution in [0.4, 0.5) is 5.82 Å². The minimum Gasteiger partial charge on any atom is -0.504 e. The number of allylic oxidation sites excluding steroid dienone is 1. The third kappa shape index (κ3) is 9.24. The van der Waals surface area contributed by atoms with Gasteiger partial charge in [0.2, 0.25) is 0 Å². The van der Waals surface area contributed by atoms with E-state index in [2.05, 4.69) is 33.2 Å². The number of hydrogen-bond acceptors (Lipinski definition) is 10. The first-order valence-corrected chi connectivity index (χ1v) is 23.1. The Labute approximate surface area is 356 Å². The number of carbonyl (C=O) groups excluding carboxylic acids is 2. The van der Waals surface area contributed by atoms with Crippen molar-refractivity contribution in [1.82, 2.24) is 10.3 Å². The second kappa shape index (κ2) is 18.5. The Balaban J connectivity index is 0.958. The first kappa shape index (κ1) is 42.6. The molecule has 2 aromatic rings. The van der Waals surface area contributed by atoms with Crippen molar-refractivity contribution < 1.29 is 29.6 Å². The number of nitrogen functional groups attached to an aromatic ring is 1. The molecule has 60 heavy (non-hydrogen) atoms. The van der Waals surface area contributed by atoms with E-state index in [0.717, 1.165) is 59.9 Å². The number of nitrogens with one attached hydrogen (secondary N) is 1. The van der Waals surface area contributed by atoms with Gasteiger partial charge >= 0.3 is 0 Å². The molecule has 1 saturated heterocycles. The number of anilines is 1. The van der Waals surface area contributed by atoms with Gasteiger partial charge in [-0.1, -0.05) is 43.6 Å².